The van der Waals surface area contributed by atoms with E-state index in [1.807, 2.05) is 6.92 Å². The van der Waals surface area contributed by atoms with Crippen molar-refractivity contribution in [1.82, 2.24) is 14.8 Å². The minimum absolute atomic E-state index is 0.0845. The van der Waals surface area contributed by atoms with Gasteiger partial charge in [0.05, 0.1) is 5.25 Å². The van der Waals surface area contributed by atoms with Crippen molar-refractivity contribution in [2.24, 2.45) is 34.8 Å². The number of hydrogen-bond acceptors (Lipinski definition) is 5. The first-order valence-electron chi connectivity index (χ1n) is 11.2. The number of aryl methyl sites for hydroxylation is 1. The van der Waals surface area contributed by atoms with Crippen LogP contribution in [0.15, 0.2) is 5.16 Å². The number of rotatable bonds is 9. The molecule has 1 atom stereocenters. The van der Waals surface area contributed by atoms with Crippen LogP contribution in [0.1, 0.15) is 71.5 Å². The number of Topliss-reactive ketones (excluding diaryl/α,β-unsaturated/α-hetero) is 1. The standard InChI is InChI=1S/C22H34N4O2S/c1-13(2)12-26-19(5-4-18(23)27)24-25-21(26)29-14(3)20(28)22-9-15-6-16(10-22)8-17(7-15)11-22/h13-17H,4-12H2,1-3H3,(H2,23,27). The predicted molar refractivity (Wildman–Crippen MR) is 113 cm³/mol. The Labute approximate surface area is 177 Å². The molecule has 0 aromatic carbocycles. The molecular weight excluding hydrogens is 384 g/mol. The zero-order chi connectivity index (χ0) is 20.8. The normalized spacial score (nSPS) is 31.4. The van der Waals surface area contributed by atoms with E-state index in [0.29, 0.717) is 18.1 Å². The number of amides is 1. The molecule has 4 saturated carbocycles. The summed E-state index contributed by atoms with van der Waals surface area (Å²) >= 11 is 1.55. The lowest BCUT2D eigenvalue weighted by Crippen LogP contribution is -2.51. The number of thioether (sulfide) groups is 1. The number of nitrogens with zero attached hydrogens (tertiary/aromatic N) is 3. The predicted octanol–water partition coefficient (Wildman–Crippen LogP) is 3.62. The SMILES string of the molecule is CC(C)Cn1c(CCC(N)=O)nnc1SC(C)C(=O)C12CC3CC(CC(C3)C1)C2. The van der Waals surface area contributed by atoms with Gasteiger partial charge in [-0.25, -0.2) is 0 Å². The molecule has 7 heteroatoms. The third-order valence-corrected chi connectivity index (χ3v) is 8.23. The summed E-state index contributed by atoms with van der Waals surface area (Å²) in [6.45, 7) is 7.12. The van der Waals surface area contributed by atoms with Gasteiger partial charge < -0.3 is 10.3 Å². The van der Waals surface area contributed by atoms with E-state index in [4.69, 9.17) is 5.73 Å². The van der Waals surface area contributed by atoms with Crippen molar-refractivity contribution in [3.63, 3.8) is 0 Å². The van der Waals surface area contributed by atoms with E-state index in [9.17, 15) is 9.59 Å². The molecule has 4 aliphatic carbocycles. The summed E-state index contributed by atoms with van der Waals surface area (Å²) in [5, 5.41) is 9.38. The highest BCUT2D eigenvalue weighted by Crippen LogP contribution is 2.61. The Kier molecular flexibility index (Phi) is 5.79. The lowest BCUT2D eigenvalue weighted by atomic mass is 9.48. The third-order valence-electron chi connectivity index (χ3n) is 7.15. The Hall–Kier alpha value is -1.37. The molecule has 0 saturated heterocycles. The summed E-state index contributed by atoms with van der Waals surface area (Å²) in [6.07, 6.45) is 8.11. The maximum Gasteiger partial charge on any atom is 0.217 e. The zero-order valence-electron chi connectivity index (χ0n) is 17.9. The number of nitrogens with two attached hydrogens (primary N) is 1. The molecule has 4 aliphatic rings. The van der Waals surface area contributed by atoms with E-state index in [0.717, 1.165) is 54.5 Å². The molecule has 4 bridgehead atoms. The summed E-state index contributed by atoms with van der Waals surface area (Å²) < 4.78 is 2.09. The largest absolute Gasteiger partial charge is 0.370 e. The molecule has 1 amide bonds. The van der Waals surface area contributed by atoms with Gasteiger partial charge in [-0.2, -0.15) is 0 Å². The Morgan fingerprint density at radius 1 is 1.10 bits per heavy atom. The van der Waals surface area contributed by atoms with Crippen LogP contribution in [0.4, 0.5) is 0 Å². The van der Waals surface area contributed by atoms with Gasteiger partial charge in [0.1, 0.15) is 5.82 Å². The van der Waals surface area contributed by atoms with Crippen molar-refractivity contribution in [2.45, 2.75) is 89.1 Å². The van der Waals surface area contributed by atoms with E-state index in [1.165, 1.54) is 19.3 Å². The van der Waals surface area contributed by atoms with Gasteiger partial charge in [0, 0.05) is 24.8 Å². The second-order valence-corrected chi connectivity index (χ2v) is 11.5. The van der Waals surface area contributed by atoms with Gasteiger partial charge in [0.15, 0.2) is 10.9 Å². The average Bonchev–Trinajstić information content (AvgIpc) is 2.99. The summed E-state index contributed by atoms with van der Waals surface area (Å²) in [7, 11) is 0. The fourth-order valence-corrected chi connectivity index (χ4v) is 7.50. The maximum absolute atomic E-state index is 13.6. The summed E-state index contributed by atoms with van der Waals surface area (Å²) in [4.78, 5) is 24.8. The Morgan fingerprint density at radius 2 is 1.69 bits per heavy atom. The molecule has 0 aliphatic heterocycles. The summed E-state index contributed by atoms with van der Waals surface area (Å²) in [5.41, 5.74) is 5.23. The first-order valence-corrected chi connectivity index (χ1v) is 12.0. The van der Waals surface area contributed by atoms with Gasteiger partial charge in [-0.05, 0) is 69.1 Å². The third kappa shape index (κ3) is 4.25. The lowest BCUT2D eigenvalue weighted by Gasteiger charge is -2.56. The zero-order valence-corrected chi connectivity index (χ0v) is 18.7. The second-order valence-electron chi connectivity index (χ2n) is 10.2. The molecule has 2 N–H and O–H groups in total. The van der Waals surface area contributed by atoms with E-state index in [-0.39, 0.29) is 23.0 Å². The molecule has 29 heavy (non-hydrogen) atoms. The summed E-state index contributed by atoms with van der Waals surface area (Å²) in [5.74, 6) is 3.62. The van der Waals surface area contributed by atoms with Crippen LogP contribution in [0.5, 0.6) is 0 Å². The van der Waals surface area contributed by atoms with Crippen molar-refractivity contribution >= 4 is 23.5 Å². The molecule has 4 fully saturated rings. The van der Waals surface area contributed by atoms with E-state index in [1.54, 1.807) is 11.8 Å². The fourth-order valence-electron chi connectivity index (χ4n) is 6.43. The molecule has 1 heterocycles. The Morgan fingerprint density at radius 3 is 2.21 bits per heavy atom. The monoisotopic (exact) mass is 418 g/mol. The van der Waals surface area contributed by atoms with Crippen molar-refractivity contribution in [3.8, 4) is 0 Å². The summed E-state index contributed by atoms with van der Waals surface area (Å²) in [6, 6.07) is 0. The Bertz CT molecular complexity index is 752. The van der Waals surface area contributed by atoms with Crippen molar-refractivity contribution in [2.75, 3.05) is 0 Å². The van der Waals surface area contributed by atoms with Crippen molar-refractivity contribution < 1.29 is 9.59 Å². The van der Waals surface area contributed by atoms with Gasteiger partial charge in [0.25, 0.3) is 0 Å². The highest BCUT2D eigenvalue weighted by molar-refractivity contribution is 8.00. The van der Waals surface area contributed by atoms with Gasteiger partial charge in [-0.1, -0.05) is 25.6 Å². The van der Waals surface area contributed by atoms with Crippen LogP contribution >= 0.6 is 11.8 Å². The van der Waals surface area contributed by atoms with Gasteiger partial charge >= 0.3 is 0 Å². The van der Waals surface area contributed by atoms with E-state index in [2.05, 4.69) is 28.6 Å². The molecule has 0 spiro atoms. The maximum atomic E-state index is 13.6. The van der Waals surface area contributed by atoms with Gasteiger partial charge in [-0.3, -0.25) is 9.59 Å². The number of carbonyl (C=O) groups is 2. The fraction of sp³-hybridized carbons (Fsp3) is 0.818. The topological polar surface area (TPSA) is 90.9 Å². The quantitative estimate of drug-likeness (QED) is 0.619. The van der Waals surface area contributed by atoms with Crippen LogP contribution in [0.3, 0.4) is 0 Å². The molecular formula is C22H34N4O2S. The minimum atomic E-state index is -0.330. The van der Waals surface area contributed by atoms with Crippen LogP contribution in [0, 0.1) is 29.1 Å². The molecule has 6 nitrogen and oxygen atoms in total. The second kappa shape index (κ2) is 8.05. The van der Waals surface area contributed by atoms with Gasteiger partial charge in [0.2, 0.25) is 5.91 Å². The molecule has 1 aromatic heterocycles. The van der Waals surface area contributed by atoms with Crippen molar-refractivity contribution in [1.29, 1.82) is 0 Å². The van der Waals surface area contributed by atoms with Gasteiger partial charge in [-0.15, -0.1) is 10.2 Å². The minimum Gasteiger partial charge on any atom is -0.370 e. The number of ketones is 1. The number of hydrogen-bond donors (Lipinski definition) is 1. The Balaban J connectivity index is 1.49. The first kappa shape index (κ1) is 20.9. The van der Waals surface area contributed by atoms with Crippen LogP contribution in [-0.4, -0.2) is 31.7 Å². The smallest absolute Gasteiger partial charge is 0.217 e. The average molecular weight is 419 g/mol. The number of carbonyl (C=O) groups excluding carboxylic acids is 2. The van der Waals surface area contributed by atoms with E-state index < -0.39 is 0 Å². The van der Waals surface area contributed by atoms with E-state index >= 15 is 0 Å². The van der Waals surface area contributed by atoms with Crippen molar-refractivity contribution in [3.05, 3.63) is 5.82 Å². The van der Waals surface area contributed by atoms with Crippen LogP contribution in [0.25, 0.3) is 0 Å². The number of primary amides is 1. The molecule has 1 aromatic rings. The lowest BCUT2D eigenvalue weighted by molar-refractivity contribution is -0.143. The highest BCUT2D eigenvalue weighted by Gasteiger charge is 2.55. The van der Waals surface area contributed by atoms with Crippen LogP contribution < -0.4 is 5.73 Å². The molecule has 5 rings (SSSR count). The molecule has 1 unspecified atom stereocenters. The number of aromatic nitrogens is 3. The first-order chi connectivity index (χ1) is 13.8. The van der Waals surface area contributed by atoms with Crippen LogP contribution in [-0.2, 0) is 22.6 Å². The molecule has 0 radical (unpaired) electrons. The van der Waals surface area contributed by atoms with Crippen LogP contribution in [0.2, 0.25) is 0 Å². The highest BCUT2D eigenvalue weighted by atomic mass is 32.2. The molecule has 160 valence electrons.